The number of alkyl carbamates (subject to hydrolysis) is 4. The van der Waals surface area contributed by atoms with Gasteiger partial charge in [-0.15, -0.1) is 0 Å². The van der Waals surface area contributed by atoms with Crippen LogP contribution in [0.25, 0.3) is 21.9 Å². The van der Waals surface area contributed by atoms with Gasteiger partial charge in [0.25, 0.3) is 11.8 Å². The number of ether oxygens (including phenoxy) is 4. The molecular formula is C52H56N8O12. The number of carbonyl (C=O) groups excluding carboxylic acids is 6. The van der Waals surface area contributed by atoms with Crippen LogP contribution in [-0.2, 0) is 32.2 Å². The van der Waals surface area contributed by atoms with Crippen LogP contribution in [0.2, 0.25) is 0 Å². The Labute approximate surface area is 413 Å². The molecule has 72 heavy (non-hydrogen) atoms. The first-order chi connectivity index (χ1) is 34.9. The van der Waals surface area contributed by atoms with E-state index in [-0.39, 0.29) is 74.8 Å². The first kappa shape index (κ1) is 51.2. The number of amidine groups is 2. The summed E-state index contributed by atoms with van der Waals surface area (Å²) in [7, 11) is 0. The number of furan rings is 2. The van der Waals surface area contributed by atoms with E-state index in [1.54, 1.807) is 48.5 Å². The number of hydrogen-bond acceptors (Lipinski definition) is 14. The lowest BCUT2D eigenvalue weighted by Crippen LogP contribution is -2.34. The minimum atomic E-state index is -0.765. The second-order valence-corrected chi connectivity index (χ2v) is 16.8. The number of rotatable bonds is 18. The van der Waals surface area contributed by atoms with Crippen LogP contribution < -0.4 is 31.9 Å². The van der Waals surface area contributed by atoms with Crippen LogP contribution in [0.4, 0.5) is 19.2 Å². The summed E-state index contributed by atoms with van der Waals surface area (Å²) in [4.78, 5) is 75.1. The summed E-state index contributed by atoms with van der Waals surface area (Å²) in [6.45, 7) is 1.18. The van der Waals surface area contributed by atoms with Crippen LogP contribution in [0, 0.1) is 10.8 Å². The van der Waals surface area contributed by atoms with E-state index in [9.17, 15) is 28.8 Å². The fourth-order valence-electron chi connectivity index (χ4n) is 7.68. The first-order valence-corrected chi connectivity index (χ1v) is 23.6. The van der Waals surface area contributed by atoms with Crippen LogP contribution in [-0.4, -0.2) is 86.2 Å². The number of amides is 6. The van der Waals surface area contributed by atoms with Gasteiger partial charge in [-0.25, -0.2) is 19.2 Å². The van der Waals surface area contributed by atoms with Gasteiger partial charge in [-0.2, -0.15) is 0 Å². The highest BCUT2D eigenvalue weighted by Crippen LogP contribution is 2.24. The van der Waals surface area contributed by atoms with E-state index in [1.807, 2.05) is 60.7 Å². The zero-order valence-corrected chi connectivity index (χ0v) is 39.3. The fourth-order valence-corrected chi connectivity index (χ4v) is 7.68. The fraction of sp³-hybridized carbons (Fsp3) is 0.308. The number of carbonyl (C=O) groups is 6. The molecule has 0 radical (unpaired) electrons. The maximum atomic E-state index is 12.8. The third-order valence-electron chi connectivity index (χ3n) is 11.4. The Morgan fingerprint density at radius 1 is 0.486 bits per heavy atom. The molecule has 20 nitrogen and oxygen atoms in total. The van der Waals surface area contributed by atoms with Crippen molar-refractivity contribution in [2.24, 2.45) is 0 Å². The smallest absolute Gasteiger partial charge is 0.413 e. The number of nitrogens with one attached hydrogen (secondary N) is 8. The molecule has 376 valence electrons. The number of hydrogen-bond donors (Lipinski definition) is 8. The van der Waals surface area contributed by atoms with Gasteiger partial charge in [0.15, 0.2) is 11.5 Å². The Morgan fingerprint density at radius 2 is 0.875 bits per heavy atom. The van der Waals surface area contributed by atoms with Crippen LogP contribution in [0.5, 0.6) is 0 Å². The van der Waals surface area contributed by atoms with Crippen LogP contribution in [0.1, 0.15) is 94.7 Å². The molecule has 1 fully saturated rings. The van der Waals surface area contributed by atoms with Gasteiger partial charge in [-0.05, 0) is 111 Å². The summed E-state index contributed by atoms with van der Waals surface area (Å²) in [6.07, 6.45) is 1.50. The molecule has 2 heterocycles. The summed E-state index contributed by atoms with van der Waals surface area (Å²) >= 11 is 0. The van der Waals surface area contributed by atoms with E-state index in [0.717, 1.165) is 11.1 Å². The predicted molar refractivity (Wildman–Crippen MR) is 264 cm³/mol. The molecule has 0 saturated heterocycles. The second-order valence-electron chi connectivity index (χ2n) is 16.8. The zero-order chi connectivity index (χ0) is 50.7. The molecule has 1 aliphatic rings. The van der Waals surface area contributed by atoms with Gasteiger partial charge >= 0.3 is 24.4 Å². The molecule has 0 aliphatic heterocycles. The third kappa shape index (κ3) is 15.7. The average Bonchev–Trinajstić information content (AvgIpc) is 4.01. The van der Waals surface area contributed by atoms with Crippen LogP contribution >= 0.6 is 0 Å². The lowest BCUT2D eigenvalue weighted by molar-refractivity contribution is 0.0532. The highest BCUT2D eigenvalue weighted by atomic mass is 16.6. The third-order valence-corrected chi connectivity index (χ3v) is 11.4. The largest absolute Gasteiger partial charge is 0.451 e. The van der Waals surface area contributed by atoms with E-state index in [4.69, 9.17) is 38.6 Å². The van der Waals surface area contributed by atoms with Gasteiger partial charge in [-0.3, -0.25) is 31.0 Å². The molecule has 0 atom stereocenters. The van der Waals surface area contributed by atoms with Crippen molar-refractivity contribution < 1.29 is 56.5 Å². The Morgan fingerprint density at radius 3 is 1.28 bits per heavy atom. The average molecular weight is 985 g/mol. The van der Waals surface area contributed by atoms with Crippen molar-refractivity contribution in [2.75, 3.05) is 26.2 Å². The van der Waals surface area contributed by atoms with Gasteiger partial charge in [0.05, 0.1) is 0 Å². The summed E-state index contributed by atoms with van der Waals surface area (Å²) in [6, 6.07) is 31.1. The SMILES string of the molecule is N=C(NC(=O)OCc1ccccc1)c1ccc2oc(C(=O)NCCCNC(=O)OC3CCCC(OC(=O)NCCCNC(=O)c4cc5cc(C(=N)NC(=O)OCc6ccccc6)ccc5o4)CCC3)cc2c1. The van der Waals surface area contributed by atoms with Gasteiger partial charge in [0.2, 0.25) is 0 Å². The molecule has 6 amide bonds. The molecule has 4 aromatic carbocycles. The molecule has 6 aromatic rings. The molecule has 1 aliphatic carbocycles. The van der Waals surface area contributed by atoms with E-state index < -0.39 is 36.2 Å². The molecule has 2 aromatic heterocycles. The zero-order valence-electron chi connectivity index (χ0n) is 39.3. The standard InChI is InChI=1S/C52H56N8O12/c53-45(59-51(65)67-31-33-11-3-1-4-12-33)35-19-21-41-37(27-35)29-43(71-41)47(61)55-23-9-25-57-49(63)69-39-15-7-17-40(18-8-16-39)70-50(64)58-26-10-24-56-48(62)44-30-38-28-36(20-22-42(38)72-44)46(54)60-52(66)68-32-34-13-5-2-6-14-34/h1-6,11-14,19-22,27-30,39-40H,7-10,15-18,23-26,31-32H2,(H,55,61)(H,56,62)(H,57,63)(H,58,64)(H2,53,59,65)(H2,54,60,66). The van der Waals surface area contributed by atoms with Crippen molar-refractivity contribution in [1.29, 1.82) is 10.8 Å². The number of benzene rings is 4. The molecule has 0 bridgehead atoms. The lowest BCUT2D eigenvalue weighted by atomic mass is 9.96. The minimum Gasteiger partial charge on any atom is -0.451 e. The molecule has 7 rings (SSSR count). The van der Waals surface area contributed by atoms with Gasteiger partial charge in [0, 0.05) is 48.1 Å². The van der Waals surface area contributed by atoms with Crippen molar-refractivity contribution in [3.05, 3.63) is 143 Å². The normalized spacial score (nSPS) is 14.4. The topological polar surface area (TPSA) is 286 Å². The highest BCUT2D eigenvalue weighted by Gasteiger charge is 2.23. The summed E-state index contributed by atoms with van der Waals surface area (Å²) in [5.74, 6) is -1.09. The summed E-state index contributed by atoms with van der Waals surface area (Å²) in [5, 5.41) is 33.5. The quantitative estimate of drug-likeness (QED) is 0.0175. The Hall–Kier alpha value is -8.68. The van der Waals surface area contributed by atoms with Crippen molar-refractivity contribution in [3.63, 3.8) is 0 Å². The summed E-state index contributed by atoms with van der Waals surface area (Å²) < 4.78 is 33.1. The van der Waals surface area contributed by atoms with Crippen molar-refractivity contribution in [2.45, 2.75) is 76.8 Å². The van der Waals surface area contributed by atoms with Crippen molar-refractivity contribution in [3.8, 4) is 0 Å². The lowest BCUT2D eigenvalue weighted by Gasteiger charge is -2.25. The van der Waals surface area contributed by atoms with Gasteiger partial charge in [0.1, 0.15) is 48.3 Å². The van der Waals surface area contributed by atoms with E-state index in [0.29, 0.717) is 84.4 Å². The van der Waals surface area contributed by atoms with Gasteiger partial charge < -0.3 is 49.0 Å². The van der Waals surface area contributed by atoms with Crippen molar-refractivity contribution >= 4 is 69.8 Å². The van der Waals surface area contributed by atoms with Gasteiger partial charge in [-0.1, -0.05) is 60.7 Å². The second kappa shape index (κ2) is 25.8. The molecule has 0 unspecified atom stereocenters. The minimum absolute atomic E-state index is 0.0638. The molecule has 0 spiro atoms. The molecule has 20 heteroatoms. The van der Waals surface area contributed by atoms with Crippen LogP contribution in [0.3, 0.4) is 0 Å². The maximum absolute atomic E-state index is 12.8. The van der Waals surface area contributed by atoms with Crippen LogP contribution in [0.15, 0.2) is 118 Å². The first-order valence-electron chi connectivity index (χ1n) is 23.6. The Bertz CT molecular complexity index is 2660. The Kier molecular flexibility index (Phi) is 18.3. The summed E-state index contributed by atoms with van der Waals surface area (Å²) in [5.41, 5.74) is 3.29. The monoisotopic (exact) mass is 984 g/mol. The van der Waals surface area contributed by atoms with Crippen molar-refractivity contribution in [1.82, 2.24) is 31.9 Å². The van der Waals surface area contributed by atoms with E-state index >= 15 is 0 Å². The maximum Gasteiger partial charge on any atom is 0.413 e. The predicted octanol–water partition coefficient (Wildman–Crippen LogP) is 8.17. The Balaban J connectivity index is 0.709. The van der Waals surface area contributed by atoms with E-state index in [1.165, 1.54) is 0 Å². The van der Waals surface area contributed by atoms with E-state index in [2.05, 4.69) is 31.9 Å². The highest BCUT2D eigenvalue weighted by molar-refractivity contribution is 6.08. The number of fused-ring (bicyclic) bond motifs is 2. The molecule has 8 N–H and O–H groups in total. The molecular weight excluding hydrogens is 929 g/mol. The molecule has 1 saturated carbocycles.